The number of rotatable bonds is 3. The first-order chi connectivity index (χ1) is 9.56. The van der Waals surface area contributed by atoms with Crippen molar-refractivity contribution in [3.8, 4) is 17.3 Å². The standard InChI is InChI=1S/C11H9N5O4/c1-20-11(19)7-5-16(15-8(17)2-3-12)4-6-9(7)13-14-10(6)18/h4-5H,2H2,1H3,(H,14,18)(H,15,17)/p-1. The number of esters is 1. The predicted molar refractivity (Wildman–Crippen MR) is 63.9 cm³/mol. The van der Waals surface area contributed by atoms with Crippen molar-refractivity contribution in [3.63, 3.8) is 0 Å². The first kappa shape index (κ1) is 13.3. The van der Waals surface area contributed by atoms with Crippen LogP contribution >= 0.6 is 0 Å². The summed E-state index contributed by atoms with van der Waals surface area (Å²) in [4.78, 5) is 23.2. The molecule has 0 fully saturated rings. The van der Waals surface area contributed by atoms with Crippen LogP contribution in [0.1, 0.15) is 16.8 Å². The lowest BCUT2D eigenvalue weighted by Gasteiger charge is -2.10. The molecule has 9 heteroatoms. The van der Waals surface area contributed by atoms with Gasteiger partial charge in [-0.3, -0.25) is 4.79 Å². The van der Waals surface area contributed by atoms with Crippen molar-refractivity contribution in [2.75, 3.05) is 7.11 Å². The van der Waals surface area contributed by atoms with Gasteiger partial charge in [0, 0.05) is 12.4 Å². The van der Waals surface area contributed by atoms with E-state index in [2.05, 4.69) is 20.0 Å². The number of hydrogen-bond donors (Lipinski definition) is 1. The molecule has 0 aromatic rings. The van der Waals surface area contributed by atoms with E-state index in [9.17, 15) is 14.7 Å². The second-order valence-corrected chi connectivity index (χ2v) is 3.69. The number of hydrogen-bond acceptors (Lipinski definition) is 7. The van der Waals surface area contributed by atoms with E-state index < -0.39 is 23.8 Å². The summed E-state index contributed by atoms with van der Waals surface area (Å²) in [6, 6.07) is 1.65. The van der Waals surface area contributed by atoms with Crippen LogP contribution in [0.3, 0.4) is 0 Å². The van der Waals surface area contributed by atoms with Gasteiger partial charge in [-0.05, 0) is 5.90 Å². The van der Waals surface area contributed by atoms with Gasteiger partial charge in [0.25, 0.3) is 5.56 Å². The Morgan fingerprint density at radius 2 is 2.40 bits per heavy atom. The number of carbonyl (C=O) groups excluding carboxylic acids is 1. The molecule has 9 nitrogen and oxygen atoms in total. The summed E-state index contributed by atoms with van der Waals surface area (Å²) in [6.45, 7) is 0. The van der Waals surface area contributed by atoms with Gasteiger partial charge in [0.2, 0.25) is 0 Å². The molecular formula is C11H8N5O4-. The summed E-state index contributed by atoms with van der Waals surface area (Å²) < 4.78 is 5.57. The van der Waals surface area contributed by atoms with E-state index in [1.54, 1.807) is 6.07 Å². The molecule has 2 rings (SSSR count). The smallest absolute Gasteiger partial charge is 0.341 e. The average molecular weight is 274 g/mol. The fourth-order valence-corrected chi connectivity index (χ4v) is 1.57. The fraction of sp³-hybridized carbons (Fsp3) is 0.182. The van der Waals surface area contributed by atoms with Crippen molar-refractivity contribution in [3.05, 3.63) is 28.3 Å². The van der Waals surface area contributed by atoms with E-state index in [-0.39, 0.29) is 16.8 Å². The minimum Gasteiger partial charge on any atom is -0.860 e. The second-order valence-electron chi connectivity index (χ2n) is 3.69. The molecule has 0 radical (unpaired) electrons. The Balaban J connectivity index is 2.63. The number of H-pyrrole nitrogens is 1. The third-order valence-electron chi connectivity index (χ3n) is 2.41. The molecule has 0 amide bonds. The van der Waals surface area contributed by atoms with E-state index in [4.69, 9.17) is 5.26 Å². The van der Waals surface area contributed by atoms with Gasteiger partial charge in [-0.1, -0.05) is 0 Å². The lowest BCUT2D eigenvalue weighted by Crippen LogP contribution is -2.19. The highest BCUT2D eigenvalue weighted by atomic mass is 16.5. The minimum atomic E-state index is -0.723. The average Bonchev–Trinajstić information content (AvgIpc) is 2.79. The summed E-state index contributed by atoms with van der Waals surface area (Å²) in [5.74, 6) is -1.43. The highest BCUT2D eigenvalue weighted by molar-refractivity contribution is 5.96. The summed E-state index contributed by atoms with van der Waals surface area (Å²) in [7, 11) is 1.17. The topological polar surface area (TPSA) is 136 Å². The lowest BCUT2D eigenvalue weighted by atomic mass is 10.1. The number of aromatic nitrogens is 3. The maximum Gasteiger partial charge on any atom is 0.341 e. The van der Waals surface area contributed by atoms with Crippen molar-refractivity contribution < 1.29 is 14.6 Å². The van der Waals surface area contributed by atoms with Crippen molar-refractivity contribution >= 4 is 11.9 Å². The number of methoxy groups -OCH3 is 1. The van der Waals surface area contributed by atoms with Crippen LogP contribution < -0.4 is 10.7 Å². The maximum atomic E-state index is 11.6. The Labute approximate surface area is 112 Å². The van der Waals surface area contributed by atoms with E-state index in [1.807, 2.05) is 0 Å². The molecule has 0 spiro atoms. The zero-order chi connectivity index (χ0) is 14.7. The Morgan fingerprint density at radius 1 is 1.65 bits per heavy atom. The third-order valence-corrected chi connectivity index (χ3v) is 2.41. The maximum absolute atomic E-state index is 11.6. The van der Waals surface area contributed by atoms with Crippen molar-refractivity contribution in [2.24, 2.45) is 5.10 Å². The first-order valence-electron chi connectivity index (χ1n) is 5.37. The van der Waals surface area contributed by atoms with Crippen LogP contribution in [0, 0.1) is 11.3 Å². The van der Waals surface area contributed by atoms with Crippen molar-refractivity contribution in [1.82, 2.24) is 14.9 Å². The van der Waals surface area contributed by atoms with E-state index in [0.717, 1.165) is 4.68 Å². The van der Waals surface area contributed by atoms with E-state index >= 15 is 0 Å². The van der Waals surface area contributed by atoms with Gasteiger partial charge in [0.15, 0.2) is 0 Å². The SMILES string of the molecule is COC(=O)c1cn(/N=C(\[O-])CC#N)cc2c(=O)[nH]nc1-2. The Kier molecular flexibility index (Phi) is 3.47. The van der Waals surface area contributed by atoms with Crippen molar-refractivity contribution in [2.45, 2.75) is 6.42 Å². The van der Waals surface area contributed by atoms with Crippen LogP contribution in [0.5, 0.6) is 0 Å². The van der Waals surface area contributed by atoms with Crippen LogP contribution in [0.15, 0.2) is 22.3 Å². The number of aromatic amines is 1. The van der Waals surface area contributed by atoms with E-state index in [0.29, 0.717) is 0 Å². The molecule has 2 aliphatic heterocycles. The Morgan fingerprint density at radius 3 is 3.05 bits per heavy atom. The number of pyridine rings is 1. The summed E-state index contributed by atoms with van der Waals surface area (Å²) in [5, 5.41) is 29.2. The summed E-state index contributed by atoms with van der Waals surface area (Å²) in [5.41, 5.74) is -0.332. The van der Waals surface area contributed by atoms with Crippen LogP contribution in [-0.4, -0.2) is 33.9 Å². The largest absolute Gasteiger partial charge is 0.860 e. The van der Waals surface area contributed by atoms with Crippen molar-refractivity contribution in [1.29, 1.82) is 5.26 Å². The number of ether oxygens (including phenoxy) is 1. The second kappa shape index (κ2) is 5.23. The zero-order valence-corrected chi connectivity index (χ0v) is 10.3. The Hall–Kier alpha value is -3.15. The highest BCUT2D eigenvalue weighted by Crippen LogP contribution is 2.20. The third kappa shape index (κ3) is 2.35. The normalized spacial score (nSPS) is 11.3. The summed E-state index contributed by atoms with van der Waals surface area (Å²) >= 11 is 0. The van der Waals surface area contributed by atoms with Gasteiger partial charge >= 0.3 is 5.97 Å². The molecule has 1 N–H and O–H groups in total. The summed E-state index contributed by atoms with van der Waals surface area (Å²) in [6.07, 6.45) is 2.03. The number of fused-ring (bicyclic) bond motifs is 1. The number of nitrogens with zero attached hydrogens (tertiary/aromatic N) is 4. The van der Waals surface area contributed by atoms with Crippen LogP contribution in [0.2, 0.25) is 0 Å². The molecule has 0 saturated carbocycles. The number of carbonyl (C=O) groups is 1. The van der Waals surface area contributed by atoms with Gasteiger partial charge in [0.05, 0.1) is 25.2 Å². The van der Waals surface area contributed by atoms with Gasteiger partial charge in [-0.25, -0.2) is 14.6 Å². The van der Waals surface area contributed by atoms with Gasteiger partial charge in [-0.15, -0.1) is 0 Å². The molecule has 2 heterocycles. The fourth-order valence-electron chi connectivity index (χ4n) is 1.57. The molecule has 0 saturated heterocycles. The van der Waals surface area contributed by atoms with Gasteiger partial charge in [-0.2, -0.15) is 15.5 Å². The number of nitriles is 1. The van der Waals surface area contributed by atoms with Crippen LogP contribution in [0.4, 0.5) is 0 Å². The first-order valence-corrected chi connectivity index (χ1v) is 5.37. The molecular weight excluding hydrogens is 266 g/mol. The van der Waals surface area contributed by atoms with Crippen LogP contribution in [0.25, 0.3) is 11.3 Å². The van der Waals surface area contributed by atoms with E-state index in [1.165, 1.54) is 19.5 Å². The lowest BCUT2D eigenvalue weighted by molar-refractivity contribution is -0.218. The molecule has 0 unspecified atom stereocenters. The molecule has 0 atom stereocenters. The molecule has 2 aliphatic rings. The zero-order valence-electron chi connectivity index (χ0n) is 10.3. The monoisotopic (exact) mass is 274 g/mol. The van der Waals surface area contributed by atoms with Gasteiger partial charge in [0.1, 0.15) is 11.3 Å². The molecule has 0 bridgehead atoms. The quantitative estimate of drug-likeness (QED) is 0.428. The predicted octanol–water partition coefficient (Wildman–Crippen LogP) is -1.10. The number of nitrogens with one attached hydrogen (secondary N) is 1. The van der Waals surface area contributed by atoms with Crippen LogP contribution in [-0.2, 0) is 4.74 Å². The molecule has 20 heavy (non-hydrogen) atoms. The minimum absolute atomic E-state index is 0.0168. The molecule has 0 aromatic carbocycles. The Bertz CT molecular complexity index is 751. The highest BCUT2D eigenvalue weighted by Gasteiger charge is 2.21. The molecule has 0 aliphatic carbocycles. The van der Waals surface area contributed by atoms with Gasteiger partial charge < -0.3 is 9.84 Å². The molecule has 0 aromatic heterocycles. The molecule has 102 valence electrons.